The fourth-order valence-electron chi connectivity index (χ4n) is 3.13. The van der Waals surface area contributed by atoms with Gasteiger partial charge in [0.15, 0.2) is 0 Å². The number of hydrogen-bond acceptors (Lipinski definition) is 7. The van der Waals surface area contributed by atoms with Gasteiger partial charge in [0.25, 0.3) is 11.8 Å². The molecule has 0 saturated carbocycles. The zero-order valence-electron chi connectivity index (χ0n) is 14.3. The Balaban J connectivity index is 1.54. The normalized spacial score (nSPS) is 21.4. The molecule has 138 valence electrons. The van der Waals surface area contributed by atoms with Gasteiger partial charge >= 0.3 is 11.9 Å². The van der Waals surface area contributed by atoms with Gasteiger partial charge in [0, 0.05) is 6.42 Å². The molecule has 2 atom stereocenters. The minimum atomic E-state index is -0.964. The molecule has 2 aliphatic rings. The highest BCUT2D eigenvalue weighted by Crippen LogP contribution is 2.27. The highest BCUT2D eigenvalue weighted by Gasteiger charge is 2.38. The molecule has 1 saturated heterocycles. The lowest BCUT2D eigenvalue weighted by Gasteiger charge is -2.11. The number of benzene rings is 1. The molecule has 0 aliphatic carbocycles. The van der Waals surface area contributed by atoms with Crippen LogP contribution in [0.1, 0.15) is 50.2 Å². The highest BCUT2D eigenvalue weighted by atomic mass is 16.6. The summed E-state index contributed by atoms with van der Waals surface area (Å²) in [5, 5.41) is 0. The summed E-state index contributed by atoms with van der Waals surface area (Å²) in [6, 6.07) is 7.44. The van der Waals surface area contributed by atoms with E-state index in [9.17, 15) is 19.2 Å². The summed E-state index contributed by atoms with van der Waals surface area (Å²) < 4.78 is 15.3. The molecule has 8 nitrogen and oxygen atoms in total. The van der Waals surface area contributed by atoms with E-state index in [0.29, 0.717) is 5.76 Å². The quantitative estimate of drug-likeness (QED) is 0.599. The Labute approximate surface area is 153 Å². The number of rotatable bonds is 4. The summed E-state index contributed by atoms with van der Waals surface area (Å²) in [6.45, 7) is 1.71. The second-order valence-electron chi connectivity index (χ2n) is 6.41. The Bertz CT molecular complexity index is 947. The fourth-order valence-corrected chi connectivity index (χ4v) is 3.13. The highest BCUT2D eigenvalue weighted by molar-refractivity contribution is 6.21. The lowest BCUT2D eigenvalue weighted by Crippen LogP contribution is -2.28. The Kier molecular flexibility index (Phi) is 4.02. The molecule has 1 fully saturated rings. The second-order valence-corrected chi connectivity index (χ2v) is 6.41. The van der Waals surface area contributed by atoms with Crippen LogP contribution >= 0.6 is 0 Å². The van der Waals surface area contributed by atoms with Gasteiger partial charge in [0.1, 0.15) is 11.9 Å². The molecule has 2 amide bonds. The molecule has 4 rings (SSSR count). The minimum Gasteiger partial charge on any atom is -0.467 e. The van der Waals surface area contributed by atoms with Crippen molar-refractivity contribution in [2.45, 2.75) is 32.1 Å². The van der Waals surface area contributed by atoms with E-state index < -0.39 is 29.9 Å². The molecule has 0 spiro atoms. The lowest BCUT2D eigenvalue weighted by molar-refractivity contribution is -0.147. The summed E-state index contributed by atoms with van der Waals surface area (Å²) in [7, 11) is 0. The molecule has 2 aromatic rings. The zero-order valence-corrected chi connectivity index (χ0v) is 14.3. The molecule has 1 aromatic heterocycles. The number of ether oxygens (including phenoxy) is 2. The summed E-state index contributed by atoms with van der Waals surface area (Å²) in [4.78, 5) is 50.0. The Morgan fingerprint density at radius 3 is 2.63 bits per heavy atom. The van der Waals surface area contributed by atoms with Crippen LogP contribution in [0.3, 0.4) is 0 Å². The van der Waals surface area contributed by atoms with Gasteiger partial charge in [-0.1, -0.05) is 0 Å². The number of hydrogen-bond donors (Lipinski definition) is 0. The third-order valence-corrected chi connectivity index (χ3v) is 4.48. The van der Waals surface area contributed by atoms with E-state index in [1.54, 1.807) is 19.1 Å². The molecular formula is C19H15NO7. The van der Waals surface area contributed by atoms with Gasteiger partial charge in [-0.2, -0.15) is 0 Å². The van der Waals surface area contributed by atoms with Gasteiger partial charge in [-0.15, -0.1) is 0 Å². The van der Waals surface area contributed by atoms with Gasteiger partial charge in [-0.25, -0.2) is 9.59 Å². The number of carbonyl (C=O) groups is 4. The number of fused-ring (bicyclic) bond motifs is 1. The van der Waals surface area contributed by atoms with Crippen molar-refractivity contribution in [3.05, 3.63) is 59.0 Å². The predicted molar refractivity (Wildman–Crippen MR) is 88.7 cm³/mol. The molecule has 0 bridgehead atoms. The topological polar surface area (TPSA) is 103 Å². The third kappa shape index (κ3) is 2.99. The molecule has 0 unspecified atom stereocenters. The van der Waals surface area contributed by atoms with E-state index in [1.807, 2.05) is 0 Å². The first-order valence-corrected chi connectivity index (χ1v) is 8.38. The Morgan fingerprint density at radius 2 is 1.96 bits per heavy atom. The van der Waals surface area contributed by atoms with Crippen molar-refractivity contribution >= 4 is 23.8 Å². The average molecular weight is 369 g/mol. The maximum atomic E-state index is 12.6. The van der Waals surface area contributed by atoms with E-state index in [-0.39, 0.29) is 35.8 Å². The largest absolute Gasteiger partial charge is 0.467 e. The maximum absolute atomic E-state index is 12.6. The fraction of sp³-hybridized carbons (Fsp3) is 0.263. The predicted octanol–water partition coefficient (Wildman–Crippen LogP) is 1.94. The van der Waals surface area contributed by atoms with Crippen molar-refractivity contribution in [1.82, 2.24) is 4.90 Å². The van der Waals surface area contributed by atoms with Crippen molar-refractivity contribution in [1.29, 1.82) is 0 Å². The van der Waals surface area contributed by atoms with Crippen LogP contribution in [0.25, 0.3) is 0 Å². The van der Waals surface area contributed by atoms with E-state index >= 15 is 0 Å². The average Bonchev–Trinajstić information content (AvgIpc) is 3.32. The first-order valence-electron chi connectivity index (χ1n) is 8.38. The number of furan rings is 1. The Hall–Kier alpha value is -3.42. The standard InChI is InChI=1S/C19H15NO7/c1-10-7-15(19(24)26-10)27-18(23)11-4-5-13-14(8-11)17(22)20(16(13)21)9-12-3-2-6-25-12/h2-6,8,10,15H,7,9H2,1H3/t10-,15+/m0/s1. The minimum absolute atomic E-state index is 0.00489. The van der Waals surface area contributed by atoms with Crippen LogP contribution in [-0.2, 0) is 20.8 Å². The summed E-state index contributed by atoms with van der Waals surface area (Å²) >= 11 is 0. The van der Waals surface area contributed by atoms with Crippen LogP contribution < -0.4 is 0 Å². The summed E-state index contributed by atoms with van der Waals surface area (Å²) in [5.74, 6) is -1.85. The lowest BCUT2D eigenvalue weighted by atomic mass is 10.1. The summed E-state index contributed by atoms with van der Waals surface area (Å²) in [5.41, 5.74) is 0.405. The van der Waals surface area contributed by atoms with Gasteiger partial charge in [0.2, 0.25) is 6.10 Å². The smallest absolute Gasteiger partial charge is 0.347 e. The monoisotopic (exact) mass is 369 g/mol. The van der Waals surface area contributed by atoms with Crippen molar-refractivity contribution in [3.63, 3.8) is 0 Å². The molecular weight excluding hydrogens is 354 g/mol. The van der Waals surface area contributed by atoms with Crippen molar-refractivity contribution in [2.24, 2.45) is 0 Å². The molecule has 0 radical (unpaired) electrons. The van der Waals surface area contributed by atoms with Crippen molar-refractivity contribution in [3.8, 4) is 0 Å². The molecule has 27 heavy (non-hydrogen) atoms. The summed E-state index contributed by atoms with van der Waals surface area (Å²) in [6.07, 6.45) is 0.457. The molecule has 0 N–H and O–H groups in total. The number of esters is 2. The van der Waals surface area contributed by atoms with Crippen LogP contribution in [-0.4, -0.2) is 40.9 Å². The number of amides is 2. The first-order chi connectivity index (χ1) is 12.9. The maximum Gasteiger partial charge on any atom is 0.347 e. The number of imide groups is 1. The number of cyclic esters (lactones) is 1. The van der Waals surface area contributed by atoms with E-state index in [0.717, 1.165) is 4.90 Å². The van der Waals surface area contributed by atoms with Crippen LogP contribution in [0.4, 0.5) is 0 Å². The van der Waals surface area contributed by atoms with Crippen LogP contribution in [0.15, 0.2) is 41.0 Å². The molecule has 3 heterocycles. The van der Waals surface area contributed by atoms with Crippen LogP contribution in [0.5, 0.6) is 0 Å². The molecule has 2 aliphatic heterocycles. The van der Waals surface area contributed by atoms with Gasteiger partial charge in [-0.05, 0) is 37.3 Å². The van der Waals surface area contributed by atoms with Crippen molar-refractivity contribution in [2.75, 3.05) is 0 Å². The molecule has 1 aromatic carbocycles. The SMILES string of the molecule is C[C@H]1C[C@@H](OC(=O)c2ccc3c(c2)C(=O)N(Cc2ccco2)C3=O)C(=O)O1. The van der Waals surface area contributed by atoms with Crippen molar-refractivity contribution < 1.29 is 33.1 Å². The van der Waals surface area contributed by atoms with E-state index in [1.165, 1.54) is 24.5 Å². The van der Waals surface area contributed by atoms with E-state index in [4.69, 9.17) is 13.9 Å². The zero-order chi connectivity index (χ0) is 19.1. The first kappa shape index (κ1) is 17.0. The van der Waals surface area contributed by atoms with E-state index in [2.05, 4.69) is 0 Å². The van der Waals surface area contributed by atoms with Crippen LogP contribution in [0, 0.1) is 0 Å². The Morgan fingerprint density at radius 1 is 1.19 bits per heavy atom. The van der Waals surface area contributed by atoms with Gasteiger partial charge < -0.3 is 13.9 Å². The molecule has 8 heteroatoms. The third-order valence-electron chi connectivity index (χ3n) is 4.48. The number of nitrogens with zero attached hydrogens (tertiary/aromatic N) is 1. The van der Waals surface area contributed by atoms with Gasteiger partial charge in [0.05, 0.1) is 29.5 Å². The number of carbonyl (C=O) groups excluding carboxylic acids is 4. The van der Waals surface area contributed by atoms with Gasteiger partial charge in [-0.3, -0.25) is 14.5 Å². The van der Waals surface area contributed by atoms with Crippen LogP contribution in [0.2, 0.25) is 0 Å². The second kappa shape index (κ2) is 6.39.